The maximum Gasteiger partial charge on any atom is 0.291 e. The molecule has 6 nitrogen and oxygen atoms in total. The summed E-state index contributed by atoms with van der Waals surface area (Å²) in [5.74, 6) is 0.239. The molecule has 110 valence electrons. The fourth-order valence-electron chi connectivity index (χ4n) is 2.47. The van der Waals surface area contributed by atoms with Crippen LogP contribution in [0.5, 0.6) is 0 Å². The fourth-order valence-corrected chi connectivity index (χ4v) is 2.47. The number of rotatable bonds is 4. The molecule has 1 aliphatic rings. The number of aromatic nitrogens is 3. The second kappa shape index (κ2) is 5.14. The summed E-state index contributed by atoms with van der Waals surface area (Å²) in [6, 6.07) is 9.74. The van der Waals surface area contributed by atoms with Crippen LogP contribution in [0.4, 0.5) is 0 Å². The van der Waals surface area contributed by atoms with E-state index in [1.165, 1.54) is 12.8 Å². The van der Waals surface area contributed by atoms with E-state index in [1.807, 2.05) is 30.5 Å². The van der Waals surface area contributed by atoms with E-state index in [1.54, 1.807) is 12.3 Å². The van der Waals surface area contributed by atoms with Crippen molar-refractivity contribution in [1.82, 2.24) is 20.6 Å². The first-order valence-corrected chi connectivity index (χ1v) is 7.26. The van der Waals surface area contributed by atoms with Gasteiger partial charge in [0.05, 0.1) is 6.21 Å². The van der Waals surface area contributed by atoms with E-state index in [2.05, 4.69) is 25.7 Å². The molecule has 1 aliphatic carbocycles. The molecular formula is C16H15N5O. The number of benzene rings is 1. The zero-order valence-corrected chi connectivity index (χ0v) is 11.8. The summed E-state index contributed by atoms with van der Waals surface area (Å²) in [6.07, 6.45) is 5.83. The zero-order valence-electron chi connectivity index (χ0n) is 11.8. The Morgan fingerprint density at radius 2 is 2.23 bits per heavy atom. The van der Waals surface area contributed by atoms with Crippen LogP contribution < -0.4 is 5.43 Å². The third-order valence-corrected chi connectivity index (χ3v) is 3.84. The van der Waals surface area contributed by atoms with Crippen molar-refractivity contribution < 1.29 is 4.79 Å². The van der Waals surface area contributed by atoms with Crippen LogP contribution in [0.1, 0.15) is 40.5 Å². The quantitative estimate of drug-likeness (QED) is 0.510. The van der Waals surface area contributed by atoms with Gasteiger partial charge in [-0.2, -0.15) is 10.2 Å². The van der Waals surface area contributed by atoms with Crippen LogP contribution in [0, 0.1) is 0 Å². The summed E-state index contributed by atoms with van der Waals surface area (Å²) in [7, 11) is 0. The number of nitrogens with zero attached hydrogens (tertiary/aromatic N) is 2. The highest BCUT2D eigenvalue weighted by molar-refractivity contribution is 5.99. The second-order valence-corrected chi connectivity index (χ2v) is 5.47. The van der Waals surface area contributed by atoms with Gasteiger partial charge in [0, 0.05) is 34.3 Å². The molecule has 6 heteroatoms. The number of hydrogen-bond acceptors (Lipinski definition) is 3. The van der Waals surface area contributed by atoms with E-state index in [0.717, 1.165) is 22.2 Å². The van der Waals surface area contributed by atoms with Crippen molar-refractivity contribution >= 4 is 23.0 Å². The number of nitrogens with one attached hydrogen (secondary N) is 3. The van der Waals surface area contributed by atoms with Gasteiger partial charge in [-0.1, -0.05) is 18.2 Å². The minimum Gasteiger partial charge on any atom is -0.361 e. The van der Waals surface area contributed by atoms with Crippen LogP contribution in [0.15, 0.2) is 41.6 Å². The molecule has 0 saturated heterocycles. The molecule has 1 amide bonds. The van der Waals surface area contributed by atoms with E-state index in [0.29, 0.717) is 11.6 Å². The van der Waals surface area contributed by atoms with Gasteiger partial charge in [0.1, 0.15) is 0 Å². The zero-order chi connectivity index (χ0) is 14.9. The van der Waals surface area contributed by atoms with Crippen molar-refractivity contribution in [2.75, 3.05) is 0 Å². The predicted octanol–water partition coefficient (Wildman–Crippen LogP) is 2.53. The first-order chi connectivity index (χ1) is 10.8. The molecule has 4 rings (SSSR count). The molecule has 1 fully saturated rings. The number of fused-ring (bicyclic) bond motifs is 1. The summed E-state index contributed by atoms with van der Waals surface area (Å²) >= 11 is 0. The van der Waals surface area contributed by atoms with Gasteiger partial charge in [-0.25, -0.2) is 5.43 Å². The highest BCUT2D eigenvalue weighted by atomic mass is 16.2. The maximum absolute atomic E-state index is 12.0. The third kappa shape index (κ3) is 2.39. The lowest BCUT2D eigenvalue weighted by Gasteiger charge is -1.94. The minimum absolute atomic E-state index is 0.306. The Balaban J connectivity index is 1.45. The smallest absolute Gasteiger partial charge is 0.291 e. The Kier molecular flexibility index (Phi) is 3.00. The van der Waals surface area contributed by atoms with Crippen LogP contribution in [-0.2, 0) is 0 Å². The summed E-state index contributed by atoms with van der Waals surface area (Å²) < 4.78 is 0. The molecule has 0 radical (unpaired) electrons. The molecule has 3 aromatic rings. The van der Waals surface area contributed by atoms with Crippen LogP contribution in [0.2, 0.25) is 0 Å². The van der Waals surface area contributed by atoms with Crippen LogP contribution >= 0.6 is 0 Å². The minimum atomic E-state index is -0.306. The molecule has 0 unspecified atom stereocenters. The number of hydrazone groups is 1. The van der Waals surface area contributed by atoms with Gasteiger partial charge >= 0.3 is 0 Å². The van der Waals surface area contributed by atoms with Crippen LogP contribution in [0.3, 0.4) is 0 Å². The number of para-hydroxylation sites is 1. The molecule has 0 spiro atoms. The van der Waals surface area contributed by atoms with E-state index >= 15 is 0 Å². The van der Waals surface area contributed by atoms with Crippen LogP contribution in [0.25, 0.3) is 10.9 Å². The van der Waals surface area contributed by atoms with E-state index in [-0.39, 0.29) is 5.91 Å². The van der Waals surface area contributed by atoms with Gasteiger partial charge in [-0.05, 0) is 25.0 Å². The van der Waals surface area contributed by atoms with Crippen LogP contribution in [-0.4, -0.2) is 27.3 Å². The highest BCUT2D eigenvalue weighted by Gasteiger charge is 2.26. The Labute approximate surface area is 126 Å². The average molecular weight is 293 g/mol. The molecule has 1 aromatic carbocycles. The number of aromatic amines is 2. The molecule has 3 N–H and O–H groups in total. The molecule has 0 bridgehead atoms. The van der Waals surface area contributed by atoms with Gasteiger partial charge in [0.25, 0.3) is 5.91 Å². The summed E-state index contributed by atoms with van der Waals surface area (Å²) in [5.41, 5.74) is 5.88. The SMILES string of the molecule is O=C(NN=Cc1c[nH]c2ccccc12)c1cc(C2CC2)[nH]n1. The number of H-pyrrole nitrogens is 2. The van der Waals surface area contributed by atoms with Gasteiger partial charge < -0.3 is 4.98 Å². The van der Waals surface area contributed by atoms with Crippen molar-refractivity contribution in [3.8, 4) is 0 Å². The fraction of sp³-hybridized carbons (Fsp3) is 0.188. The lowest BCUT2D eigenvalue weighted by molar-refractivity contribution is 0.0950. The van der Waals surface area contributed by atoms with Crippen molar-refractivity contribution in [3.05, 3.63) is 53.5 Å². The molecular weight excluding hydrogens is 278 g/mol. The summed E-state index contributed by atoms with van der Waals surface area (Å²) in [6.45, 7) is 0. The lowest BCUT2D eigenvalue weighted by Crippen LogP contribution is -2.17. The lowest BCUT2D eigenvalue weighted by atomic mass is 10.2. The van der Waals surface area contributed by atoms with E-state index in [9.17, 15) is 4.79 Å². The molecule has 2 aromatic heterocycles. The molecule has 0 aliphatic heterocycles. The van der Waals surface area contributed by atoms with Crippen molar-refractivity contribution in [2.24, 2.45) is 5.10 Å². The molecule has 0 atom stereocenters. The van der Waals surface area contributed by atoms with Gasteiger partial charge in [0.15, 0.2) is 5.69 Å². The van der Waals surface area contributed by atoms with Crippen molar-refractivity contribution in [2.45, 2.75) is 18.8 Å². The van der Waals surface area contributed by atoms with Gasteiger partial charge in [-0.15, -0.1) is 0 Å². The van der Waals surface area contributed by atoms with Gasteiger partial charge in [-0.3, -0.25) is 9.89 Å². The Hall–Kier alpha value is -2.89. The molecule has 2 heterocycles. The number of hydrogen-bond donors (Lipinski definition) is 3. The molecule has 1 saturated carbocycles. The average Bonchev–Trinajstić information content (AvgIpc) is 3.13. The van der Waals surface area contributed by atoms with Crippen molar-refractivity contribution in [3.63, 3.8) is 0 Å². The van der Waals surface area contributed by atoms with Crippen molar-refractivity contribution in [1.29, 1.82) is 0 Å². The highest BCUT2D eigenvalue weighted by Crippen LogP contribution is 2.38. The largest absolute Gasteiger partial charge is 0.361 e. The number of amides is 1. The third-order valence-electron chi connectivity index (χ3n) is 3.84. The molecule has 22 heavy (non-hydrogen) atoms. The monoisotopic (exact) mass is 293 g/mol. The summed E-state index contributed by atoms with van der Waals surface area (Å²) in [5, 5.41) is 12.0. The topological polar surface area (TPSA) is 85.9 Å². The summed E-state index contributed by atoms with van der Waals surface area (Å²) in [4.78, 5) is 15.1. The first kappa shape index (κ1) is 12.8. The van der Waals surface area contributed by atoms with E-state index < -0.39 is 0 Å². The Bertz CT molecular complexity index is 856. The first-order valence-electron chi connectivity index (χ1n) is 7.26. The maximum atomic E-state index is 12.0. The second-order valence-electron chi connectivity index (χ2n) is 5.47. The number of carbonyl (C=O) groups excluding carboxylic acids is 1. The van der Waals surface area contributed by atoms with Gasteiger partial charge in [0.2, 0.25) is 0 Å². The Morgan fingerprint density at radius 1 is 1.36 bits per heavy atom. The standard InChI is InChI=1S/C16H15N5O/c22-16(15-7-14(19-20-15)10-5-6-10)21-18-9-11-8-17-13-4-2-1-3-12(11)13/h1-4,7-10,17H,5-6H2,(H,19,20)(H,21,22). The normalized spacial score (nSPS) is 14.7. The number of carbonyl (C=O) groups is 1. The Morgan fingerprint density at radius 3 is 3.09 bits per heavy atom. The predicted molar refractivity (Wildman–Crippen MR) is 83.9 cm³/mol. The van der Waals surface area contributed by atoms with E-state index in [4.69, 9.17) is 0 Å².